The molecule has 0 aliphatic rings. The van der Waals surface area contributed by atoms with Crippen LogP contribution in [0.15, 0.2) is 53.4 Å². The van der Waals surface area contributed by atoms with E-state index in [1.54, 1.807) is 6.20 Å². The lowest BCUT2D eigenvalue weighted by Gasteiger charge is -2.12. The zero-order chi connectivity index (χ0) is 16.9. The van der Waals surface area contributed by atoms with Gasteiger partial charge in [-0.1, -0.05) is 19.1 Å². The second kappa shape index (κ2) is 7.27. The Kier molecular flexibility index (Phi) is 4.90. The molecule has 0 aliphatic carbocycles. The predicted octanol–water partition coefficient (Wildman–Crippen LogP) is 4.27. The summed E-state index contributed by atoms with van der Waals surface area (Å²) in [5.74, 6) is 1.71. The standard InChI is InChI=1S/C17H17BrN6/c1-2-11-3-6-13(7-4-11)23-16-15(19)17(22-10-21-16)24-14-8-5-12(18)9-20-14/h3-10H,2,19H2,1H3,(H2,20,21,22,23,24). The molecular weight excluding hydrogens is 368 g/mol. The number of pyridine rings is 1. The lowest BCUT2D eigenvalue weighted by Crippen LogP contribution is -2.05. The second-order valence-corrected chi connectivity index (χ2v) is 6.06. The highest BCUT2D eigenvalue weighted by atomic mass is 79.9. The van der Waals surface area contributed by atoms with Gasteiger partial charge in [-0.2, -0.15) is 0 Å². The van der Waals surface area contributed by atoms with Gasteiger partial charge in [-0.05, 0) is 52.2 Å². The number of halogens is 1. The Morgan fingerprint density at radius 3 is 2.29 bits per heavy atom. The van der Waals surface area contributed by atoms with Crippen molar-refractivity contribution >= 4 is 44.8 Å². The molecule has 0 saturated carbocycles. The average Bonchev–Trinajstić information content (AvgIpc) is 2.61. The molecule has 0 unspecified atom stereocenters. The number of hydrogen-bond acceptors (Lipinski definition) is 6. The third-order valence-electron chi connectivity index (χ3n) is 3.48. The number of nitrogen functional groups attached to an aromatic ring is 1. The van der Waals surface area contributed by atoms with E-state index in [4.69, 9.17) is 5.73 Å². The van der Waals surface area contributed by atoms with Gasteiger partial charge in [-0.3, -0.25) is 0 Å². The lowest BCUT2D eigenvalue weighted by molar-refractivity contribution is 1.14. The number of aromatic nitrogens is 3. The van der Waals surface area contributed by atoms with E-state index >= 15 is 0 Å². The minimum Gasteiger partial charge on any atom is -0.393 e. The average molecular weight is 385 g/mol. The van der Waals surface area contributed by atoms with Crippen LogP contribution in [0.1, 0.15) is 12.5 Å². The number of nitrogens with zero attached hydrogens (tertiary/aromatic N) is 3. The molecule has 24 heavy (non-hydrogen) atoms. The van der Waals surface area contributed by atoms with Crippen molar-refractivity contribution in [3.8, 4) is 0 Å². The highest BCUT2D eigenvalue weighted by molar-refractivity contribution is 9.10. The van der Waals surface area contributed by atoms with Gasteiger partial charge in [0.05, 0.1) is 0 Å². The number of nitrogens with two attached hydrogens (primary N) is 1. The molecule has 4 N–H and O–H groups in total. The van der Waals surface area contributed by atoms with Gasteiger partial charge in [0.25, 0.3) is 0 Å². The number of benzene rings is 1. The molecule has 0 fully saturated rings. The van der Waals surface area contributed by atoms with E-state index in [1.807, 2.05) is 24.3 Å². The topological polar surface area (TPSA) is 88.8 Å². The van der Waals surface area contributed by atoms with Gasteiger partial charge in [0, 0.05) is 16.4 Å². The molecule has 0 saturated heterocycles. The van der Waals surface area contributed by atoms with Crippen LogP contribution >= 0.6 is 15.9 Å². The first-order valence-corrected chi connectivity index (χ1v) is 8.30. The minimum atomic E-state index is 0.432. The lowest BCUT2D eigenvalue weighted by atomic mass is 10.1. The van der Waals surface area contributed by atoms with Crippen LogP contribution in [0.5, 0.6) is 0 Å². The quantitative estimate of drug-likeness (QED) is 0.608. The summed E-state index contributed by atoms with van der Waals surface area (Å²) in [7, 11) is 0. The fourth-order valence-electron chi connectivity index (χ4n) is 2.13. The molecule has 0 radical (unpaired) electrons. The second-order valence-electron chi connectivity index (χ2n) is 5.15. The van der Waals surface area contributed by atoms with Gasteiger partial charge in [-0.25, -0.2) is 15.0 Å². The summed E-state index contributed by atoms with van der Waals surface area (Å²) in [5, 5.41) is 6.31. The Labute approximate surface area is 148 Å². The molecular formula is C17H17BrN6. The zero-order valence-electron chi connectivity index (χ0n) is 13.1. The fraction of sp³-hybridized carbons (Fsp3) is 0.118. The van der Waals surface area contributed by atoms with Crippen molar-refractivity contribution < 1.29 is 0 Å². The first-order valence-electron chi connectivity index (χ1n) is 7.50. The van der Waals surface area contributed by atoms with Gasteiger partial charge >= 0.3 is 0 Å². The fourth-order valence-corrected chi connectivity index (χ4v) is 2.36. The number of anilines is 5. The monoisotopic (exact) mass is 384 g/mol. The molecule has 0 atom stereocenters. The van der Waals surface area contributed by atoms with Crippen LogP contribution in [0.4, 0.5) is 28.8 Å². The molecule has 6 nitrogen and oxygen atoms in total. The summed E-state index contributed by atoms with van der Waals surface area (Å²) < 4.78 is 0.904. The molecule has 0 aliphatic heterocycles. The summed E-state index contributed by atoms with van der Waals surface area (Å²) in [5.41, 5.74) is 8.81. The van der Waals surface area contributed by atoms with Crippen LogP contribution < -0.4 is 16.4 Å². The molecule has 7 heteroatoms. The smallest absolute Gasteiger partial charge is 0.160 e. The summed E-state index contributed by atoms with van der Waals surface area (Å²) in [6.45, 7) is 2.12. The zero-order valence-corrected chi connectivity index (χ0v) is 14.7. The maximum absolute atomic E-state index is 6.18. The first kappa shape index (κ1) is 16.2. The Morgan fingerprint density at radius 1 is 0.958 bits per heavy atom. The van der Waals surface area contributed by atoms with Gasteiger partial charge in [-0.15, -0.1) is 0 Å². The van der Waals surface area contributed by atoms with Crippen LogP contribution in [0.2, 0.25) is 0 Å². The van der Waals surface area contributed by atoms with E-state index in [-0.39, 0.29) is 0 Å². The SMILES string of the molecule is CCc1ccc(Nc2ncnc(Nc3ccc(Br)cn3)c2N)cc1. The number of nitrogens with one attached hydrogen (secondary N) is 2. The Hall–Kier alpha value is -2.67. The summed E-state index contributed by atoms with van der Waals surface area (Å²) in [6, 6.07) is 11.9. The molecule has 0 bridgehead atoms. The number of aryl methyl sites for hydroxylation is 1. The Balaban J connectivity index is 1.80. The maximum atomic E-state index is 6.18. The first-order chi connectivity index (χ1) is 11.7. The van der Waals surface area contributed by atoms with Crippen molar-refractivity contribution in [1.29, 1.82) is 0 Å². The van der Waals surface area contributed by atoms with Gasteiger partial charge in [0.2, 0.25) is 0 Å². The van der Waals surface area contributed by atoms with Crippen molar-refractivity contribution in [2.45, 2.75) is 13.3 Å². The van der Waals surface area contributed by atoms with Gasteiger partial charge in [0.15, 0.2) is 11.6 Å². The number of rotatable bonds is 5. The van der Waals surface area contributed by atoms with E-state index in [1.165, 1.54) is 11.9 Å². The Morgan fingerprint density at radius 2 is 1.67 bits per heavy atom. The highest BCUT2D eigenvalue weighted by Crippen LogP contribution is 2.27. The summed E-state index contributed by atoms with van der Waals surface area (Å²) in [4.78, 5) is 12.7. The van der Waals surface area contributed by atoms with Crippen LogP contribution in [0.25, 0.3) is 0 Å². The van der Waals surface area contributed by atoms with E-state index in [0.29, 0.717) is 23.1 Å². The van der Waals surface area contributed by atoms with Crippen molar-refractivity contribution in [3.05, 3.63) is 59.0 Å². The van der Waals surface area contributed by atoms with Crippen molar-refractivity contribution in [1.82, 2.24) is 15.0 Å². The van der Waals surface area contributed by atoms with E-state index in [9.17, 15) is 0 Å². The summed E-state index contributed by atoms with van der Waals surface area (Å²) in [6.07, 6.45) is 4.17. The maximum Gasteiger partial charge on any atom is 0.160 e. The van der Waals surface area contributed by atoms with E-state index in [2.05, 4.69) is 60.6 Å². The molecule has 2 heterocycles. The van der Waals surface area contributed by atoms with Crippen molar-refractivity contribution in [2.24, 2.45) is 0 Å². The van der Waals surface area contributed by atoms with E-state index in [0.717, 1.165) is 16.6 Å². The normalized spacial score (nSPS) is 10.4. The number of hydrogen-bond donors (Lipinski definition) is 3. The van der Waals surface area contributed by atoms with Gasteiger partial charge in [0.1, 0.15) is 17.8 Å². The van der Waals surface area contributed by atoms with Crippen molar-refractivity contribution in [3.63, 3.8) is 0 Å². The molecule has 3 aromatic rings. The van der Waals surface area contributed by atoms with Crippen LogP contribution in [0, 0.1) is 0 Å². The highest BCUT2D eigenvalue weighted by Gasteiger charge is 2.09. The molecule has 0 spiro atoms. The largest absolute Gasteiger partial charge is 0.393 e. The van der Waals surface area contributed by atoms with Gasteiger partial charge < -0.3 is 16.4 Å². The van der Waals surface area contributed by atoms with Crippen LogP contribution in [-0.2, 0) is 6.42 Å². The Bertz CT molecular complexity index is 817. The summed E-state index contributed by atoms with van der Waals surface area (Å²) >= 11 is 3.35. The molecule has 122 valence electrons. The van der Waals surface area contributed by atoms with E-state index < -0.39 is 0 Å². The third kappa shape index (κ3) is 3.80. The third-order valence-corrected chi connectivity index (χ3v) is 3.95. The predicted molar refractivity (Wildman–Crippen MR) is 101 cm³/mol. The molecule has 1 aromatic carbocycles. The minimum absolute atomic E-state index is 0.432. The molecule has 3 rings (SSSR count). The van der Waals surface area contributed by atoms with Crippen LogP contribution in [-0.4, -0.2) is 15.0 Å². The molecule has 0 amide bonds. The van der Waals surface area contributed by atoms with Crippen LogP contribution in [0.3, 0.4) is 0 Å². The molecule has 2 aromatic heterocycles. The van der Waals surface area contributed by atoms with Crippen molar-refractivity contribution in [2.75, 3.05) is 16.4 Å².